The Labute approximate surface area is 200 Å². The standard InChI is InChI=1S/C22H23N7O5S/c1-27(35(32,33)20-10-23-13-24-20)12-21(30)28-8-7-17-16(11-28)22(31)29-19(25-17)9-18(26-29)14-3-5-15(34-2)6-4-14/h3-6,9-10,13,26H,7-8,11-12H2,1-2H3,(H,23,24). The number of hydrogen-bond donors (Lipinski definition) is 2. The fourth-order valence-electron chi connectivity index (χ4n) is 4.04. The Kier molecular flexibility index (Phi) is 5.65. The molecule has 0 fully saturated rings. The molecule has 1 amide bonds. The number of amides is 1. The lowest BCUT2D eigenvalue weighted by Gasteiger charge is -2.29. The van der Waals surface area contributed by atoms with E-state index in [1.54, 1.807) is 13.2 Å². The van der Waals surface area contributed by atoms with E-state index < -0.39 is 15.9 Å². The molecule has 0 radical (unpaired) electrons. The third-order valence-electron chi connectivity index (χ3n) is 6.03. The van der Waals surface area contributed by atoms with Gasteiger partial charge < -0.3 is 14.6 Å². The Morgan fingerprint density at radius 1 is 1.26 bits per heavy atom. The van der Waals surface area contributed by atoms with Crippen molar-refractivity contribution >= 4 is 21.6 Å². The van der Waals surface area contributed by atoms with Gasteiger partial charge in [-0.3, -0.25) is 14.7 Å². The van der Waals surface area contributed by atoms with Crippen molar-refractivity contribution < 1.29 is 17.9 Å². The molecule has 4 heterocycles. The van der Waals surface area contributed by atoms with Crippen LogP contribution in [-0.2, 0) is 27.8 Å². The van der Waals surface area contributed by atoms with Crippen LogP contribution in [0, 0.1) is 0 Å². The number of carbonyl (C=O) groups is 1. The van der Waals surface area contributed by atoms with Crippen LogP contribution in [0.3, 0.4) is 0 Å². The molecule has 1 aliphatic rings. The number of ether oxygens (including phenoxy) is 1. The number of methoxy groups -OCH3 is 1. The zero-order valence-corrected chi connectivity index (χ0v) is 19.9. The second-order valence-corrected chi connectivity index (χ2v) is 10.2. The monoisotopic (exact) mass is 497 g/mol. The van der Waals surface area contributed by atoms with Gasteiger partial charge in [-0.1, -0.05) is 0 Å². The minimum Gasteiger partial charge on any atom is -0.497 e. The molecule has 0 bridgehead atoms. The molecule has 0 unspecified atom stereocenters. The number of imidazole rings is 1. The van der Waals surface area contributed by atoms with Crippen LogP contribution < -0.4 is 10.3 Å². The number of likely N-dealkylation sites (N-methyl/N-ethyl adjacent to an activating group) is 1. The van der Waals surface area contributed by atoms with Crippen LogP contribution >= 0.6 is 0 Å². The topological polar surface area (TPSA) is 146 Å². The van der Waals surface area contributed by atoms with Gasteiger partial charge in [0, 0.05) is 26.1 Å². The summed E-state index contributed by atoms with van der Waals surface area (Å²) in [5, 5.41) is 2.98. The van der Waals surface area contributed by atoms with E-state index in [0.29, 0.717) is 29.9 Å². The van der Waals surface area contributed by atoms with Crippen LogP contribution in [0.4, 0.5) is 0 Å². The van der Waals surface area contributed by atoms with Crippen molar-refractivity contribution in [2.24, 2.45) is 0 Å². The molecule has 1 aromatic carbocycles. The zero-order chi connectivity index (χ0) is 24.7. The third-order valence-corrected chi connectivity index (χ3v) is 7.76. The van der Waals surface area contributed by atoms with E-state index in [1.807, 2.05) is 24.3 Å². The highest BCUT2D eigenvalue weighted by Crippen LogP contribution is 2.23. The van der Waals surface area contributed by atoms with Crippen molar-refractivity contribution in [1.82, 2.24) is 33.8 Å². The first-order valence-corrected chi connectivity index (χ1v) is 12.2. The van der Waals surface area contributed by atoms with Crippen molar-refractivity contribution in [1.29, 1.82) is 0 Å². The summed E-state index contributed by atoms with van der Waals surface area (Å²) in [5.41, 5.74) is 2.83. The highest BCUT2D eigenvalue weighted by molar-refractivity contribution is 7.89. The van der Waals surface area contributed by atoms with Crippen molar-refractivity contribution in [2.45, 2.75) is 18.0 Å². The van der Waals surface area contributed by atoms with Gasteiger partial charge in [-0.2, -0.15) is 4.31 Å². The number of aromatic amines is 2. The zero-order valence-electron chi connectivity index (χ0n) is 19.1. The molecule has 0 saturated carbocycles. The molecule has 5 rings (SSSR count). The molecule has 12 nitrogen and oxygen atoms in total. The summed E-state index contributed by atoms with van der Waals surface area (Å²) in [6.45, 7) is 0.0255. The van der Waals surface area contributed by atoms with E-state index in [9.17, 15) is 18.0 Å². The summed E-state index contributed by atoms with van der Waals surface area (Å²) in [6, 6.07) is 9.21. The molecule has 0 aliphatic carbocycles. The summed E-state index contributed by atoms with van der Waals surface area (Å²) in [7, 11) is -0.960. The maximum atomic E-state index is 13.2. The first-order valence-electron chi connectivity index (χ1n) is 10.8. The smallest absolute Gasteiger partial charge is 0.277 e. The molecule has 4 aromatic rings. The Morgan fingerprint density at radius 3 is 2.71 bits per heavy atom. The molecule has 0 saturated heterocycles. The lowest BCUT2D eigenvalue weighted by molar-refractivity contribution is -0.132. The van der Waals surface area contributed by atoms with Gasteiger partial charge in [0.25, 0.3) is 15.6 Å². The van der Waals surface area contributed by atoms with Gasteiger partial charge in [-0.25, -0.2) is 22.9 Å². The van der Waals surface area contributed by atoms with Gasteiger partial charge in [0.05, 0.1) is 49.7 Å². The largest absolute Gasteiger partial charge is 0.497 e. The lowest BCUT2D eigenvalue weighted by atomic mass is 10.1. The normalized spacial score (nSPS) is 13.9. The van der Waals surface area contributed by atoms with Crippen LogP contribution in [0.2, 0.25) is 0 Å². The molecule has 0 atom stereocenters. The molecule has 35 heavy (non-hydrogen) atoms. The van der Waals surface area contributed by atoms with Crippen LogP contribution in [0.1, 0.15) is 11.3 Å². The van der Waals surface area contributed by atoms with E-state index in [0.717, 1.165) is 21.3 Å². The second-order valence-electron chi connectivity index (χ2n) is 8.18. The first kappa shape index (κ1) is 22.8. The number of nitrogens with zero attached hydrogens (tertiary/aromatic N) is 5. The maximum Gasteiger partial charge on any atom is 0.277 e. The number of rotatable bonds is 6. The SMILES string of the molecule is COc1ccc(-c2cc3nc4c(c(=O)n3[nH]2)CN(C(=O)CN(C)S(=O)(=O)c2cnc[nH]2)CC4)cc1. The number of fused-ring (bicyclic) bond motifs is 2. The number of hydrogen-bond acceptors (Lipinski definition) is 7. The number of H-pyrrole nitrogens is 2. The Morgan fingerprint density at radius 2 is 2.03 bits per heavy atom. The molecule has 3 aromatic heterocycles. The average molecular weight is 498 g/mol. The number of carbonyl (C=O) groups excluding carboxylic acids is 1. The van der Waals surface area contributed by atoms with E-state index >= 15 is 0 Å². The number of aromatic nitrogens is 5. The first-order chi connectivity index (χ1) is 16.8. The van der Waals surface area contributed by atoms with Gasteiger partial charge in [-0.15, -0.1) is 0 Å². The molecule has 182 valence electrons. The molecule has 1 aliphatic heterocycles. The highest BCUT2D eigenvalue weighted by atomic mass is 32.2. The summed E-state index contributed by atoms with van der Waals surface area (Å²) in [4.78, 5) is 38.5. The Hall–Kier alpha value is -3.97. The van der Waals surface area contributed by atoms with E-state index in [-0.39, 0.29) is 23.7 Å². The summed E-state index contributed by atoms with van der Waals surface area (Å²) in [6.07, 6.45) is 2.83. The predicted octanol–water partition coefficient (Wildman–Crippen LogP) is 0.627. The van der Waals surface area contributed by atoms with Crippen LogP contribution in [0.5, 0.6) is 5.75 Å². The predicted molar refractivity (Wildman–Crippen MR) is 125 cm³/mol. The molecular weight excluding hydrogens is 474 g/mol. The molecule has 2 N–H and O–H groups in total. The minimum atomic E-state index is -3.88. The average Bonchev–Trinajstić information content (AvgIpc) is 3.55. The van der Waals surface area contributed by atoms with Gasteiger partial charge in [0.2, 0.25) is 5.91 Å². The summed E-state index contributed by atoms with van der Waals surface area (Å²) < 4.78 is 32.7. The van der Waals surface area contributed by atoms with Gasteiger partial charge in [0.1, 0.15) is 5.75 Å². The minimum absolute atomic E-state index is 0.0533. The quantitative estimate of drug-likeness (QED) is 0.397. The molecule has 13 heteroatoms. The maximum absolute atomic E-state index is 13.2. The van der Waals surface area contributed by atoms with Crippen molar-refractivity contribution in [3.8, 4) is 17.0 Å². The molecular formula is C22H23N7O5S. The van der Waals surface area contributed by atoms with Crippen molar-refractivity contribution in [3.05, 3.63) is 64.5 Å². The summed E-state index contributed by atoms with van der Waals surface area (Å²) in [5.74, 6) is 0.319. The fourth-order valence-corrected chi connectivity index (χ4v) is 5.05. The highest BCUT2D eigenvalue weighted by Gasteiger charge is 2.29. The number of benzene rings is 1. The fraction of sp³-hybridized carbons (Fsp3) is 0.273. The number of nitrogens with one attached hydrogen (secondary N) is 2. The van der Waals surface area contributed by atoms with E-state index in [1.165, 1.54) is 29.0 Å². The summed E-state index contributed by atoms with van der Waals surface area (Å²) >= 11 is 0. The third kappa shape index (κ3) is 4.08. The van der Waals surface area contributed by atoms with E-state index in [4.69, 9.17) is 4.74 Å². The van der Waals surface area contributed by atoms with Crippen molar-refractivity contribution in [2.75, 3.05) is 27.2 Å². The van der Waals surface area contributed by atoms with Gasteiger partial charge >= 0.3 is 0 Å². The number of sulfonamides is 1. The van der Waals surface area contributed by atoms with Gasteiger partial charge in [0.15, 0.2) is 10.7 Å². The van der Waals surface area contributed by atoms with Gasteiger partial charge in [-0.05, 0) is 29.8 Å². The van der Waals surface area contributed by atoms with Crippen molar-refractivity contribution in [3.63, 3.8) is 0 Å². The van der Waals surface area contributed by atoms with Crippen LogP contribution in [0.15, 0.2) is 52.7 Å². The van der Waals surface area contributed by atoms with Crippen LogP contribution in [0.25, 0.3) is 16.9 Å². The second kappa shape index (κ2) is 8.67. The van der Waals surface area contributed by atoms with E-state index in [2.05, 4.69) is 20.1 Å². The molecule has 0 spiro atoms. The lowest BCUT2D eigenvalue weighted by Crippen LogP contribution is -2.45. The van der Waals surface area contributed by atoms with Crippen LogP contribution in [-0.4, -0.2) is 75.3 Å². The Bertz CT molecular complexity index is 1560. The Balaban J connectivity index is 1.38.